The van der Waals surface area contributed by atoms with Gasteiger partial charge >= 0.3 is 5.97 Å². The van der Waals surface area contributed by atoms with Crippen LogP contribution in [-0.4, -0.2) is 32.0 Å². The van der Waals surface area contributed by atoms with Gasteiger partial charge in [0, 0.05) is 55.4 Å². The van der Waals surface area contributed by atoms with Gasteiger partial charge in [0.15, 0.2) is 0 Å². The molecule has 4 rings (SSSR count). The van der Waals surface area contributed by atoms with Crippen LogP contribution in [0, 0.1) is 5.82 Å². The van der Waals surface area contributed by atoms with Crippen molar-refractivity contribution >= 4 is 23.4 Å². The molecule has 1 aliphatic heterocycles. The molecule has 1 heterocycles. The van der Waals surface area contributed by atoms with E-state index in [9.17, 15) is 9.18 Å². The lowest BCUT2D eigenvalue weighted by atomic mass is 9.86. The SMILES string of the molecule is COC1(c2cc(F)cc(Sc3ccc4c(c3)CCC4=NOC(C)=O)c2)CCOCC1. The average molecular weight is 430 g/mol. The number of hydrogen-bond acceptors (Lipinski definition) is 6. The molecule has 0 spiro atoms. The van der Waals surface area contributed by atoms with Gasteiger partial charge in [-0.15, -0.1) is 0 Å². The highest BCUT2D eigenvalue weighted by molar-refractivity contribution is 7.99. The maximum Gasteiger partial charge on any atom is 0.331 e. The molecule has 0 bridgehead atoms. The van der Waals surface area contributed by atoms with Crippen molar-refractivity contribution in [3.8, 4) is 0 Å². The zero-order chi connectivity index (χ0) is 21.1. The molecule has 2 aliphatic rings. The third-order valence-corrected chi connectivity index (χ3v) is 6.59. The van der Waals surface area contributed by atoms with E-state index < -0.39 is 11.6 Å². The van der Waals surface area contributed by atoms with E-state index in [0.29, 0.717) is 26.1 Å². The lowest BCUT2D eigenvalue weighted by molar-refractivity contribution is -0.140. The van der Waals surface area contributed by atoms with Crippen LogP contribution in [0.1, 0.15) is 42.9 Å². The molecule has 5 nitrogen and oxygen atoms in total. The molecule has 0 unspecified atom stereocenters. The average Bonchev–Trinajstić information content (AvgIpc) is 3.14. The Balaban J connectivity index is 1.57. The highest BCUT2D eigenvalue weighted by Crippen LogP contribution is 2.39. The lowest BCUT2D eigenvalue weighted by Crippen LogP contribution is -2.35. The highest BCUT2D eigenvalue weighted by atomic mass is 32.2. The second-order valence-electron chi connectivity index (χ2n) is 7.53. The Morgan fingerprint density at radius 2 is 1.93 bits per heavy atom. The number of oxime groups is 1. The van der Waals surface area contributed by atoms with Crippen molar-refractivity contribution in [3.05, 3.63) is 58.9 Å². The van der Waals surface area contributed by atoms with Gasteiger partial charge in [0.25, 0.3) is 0 Å². The number of ether oxygens (including phenoxy) is 2. The smallest absolute Gasteiger partial charge is 0.331 e. The van der Waals surface area contributed by atoms with E-state index in [0.717, 1.165) is 45.0 Å². The summed E-state index contributed by atoms with van der Waals surface area (Å²) in [5.41, 5.74) is 3.29. The summed E-state index contributed by atoms with van der Waals surface area (Å²) in [6.45, 7) is 2.55. The number of hydrogen-bond donors (Lipinski definition) is 0. The topological polar surface area (TPSA) is 57.1 Å². The van der Waals surface area contributed by atoms with Crippen LogP contribution >= 0.6 is 11.8 Å². The summed E-state index contributed by atoms with van der Waals surface area (Å²) < 4.78 is 25.8. The number of benzene rings is 2. The number of nitrogens with zero attached hydrogens (tertiary/aromatic N) is 1. The summed E-state index contributed by atoms with van der Waals surface area (Å²) in [6, 6.07) is 11.2. The van der Waals surface area contributed by atoms with Crippen LogP contribution in [0.4, 0.5) is 4.39 Å². The molecular formula is C23H24FNO4S. The maximum atomic E-state index is 14.5. The molecule has 0 atom stereocenters. The van der Waals surface area contributed by atoms with Gasteiger partial charge in [-0.05, 0) is 54.3 Å². The van der Waals surface area contributed by atoms with Crippen LogP contribution in [0.15, 0.2) is 51.3 Å². The van der Waals surface area contributed by atoms with Gasteiger partial charge in [-0.3, -0.25) is 0 Å². The van der Waals surface area contributed by atoms with Gasteiger partial charge in [-0.1, -0.05) is 23.0 Å². The van der Waals surface area contributed by atoms with Gasteiger partial charge < -0.3 is 14.3 Å². The van der Waals surface area contributed by atoms with Crippen LogP contribution in [0.2, 0.25) is 0 Å². The third kappa shape index (κ3) is 4.43. The van der Waals surface area contributed by atoms with E-state index in [-0.39, 0.29) is 5.82 Å². The minimum Gasteiger partial charge on any atom is -0.381 e. The number of methoxy groups -OCH3 is 1. The van der Waals surface area contributed by atoms with Crippen molar-refractivity contribution in [1.82, 2.24) is 0 Å². The van der Waals surface area contributed by atoms with Crippen molar-refractivity contribution in [1.29, 1.82) is 0 Å². The summed E-state index contributed by atoms with van der Waals surface area (Å²) in [4.78, 5) is 17.7. The first-order valence-corrected chi connectivity index (χ1v) is 10.8. The predicted molar refractivity (Wildman–Crippen MR) is 112 cm³/mol. The van der Waals surface area contributed by atoms with Crippen LogP contribution in [0.25, 0.3) is 0 Å². The van der Waals surface area contributed by atoms with E-state index in [1.54, 1.807) is 19.2 Å². The summed E-state index contributed by atoms with van der Waals surface area (Å²) in [7, 11) is 1.68. The van der Waals surface area contributed by atoms with Crippen LogP contribution in [0.5, 0.6) is 0 Å². The fourth-order valence-corrected chi connectivity index (χ4v) is 5.02. The maximum absolute atomic E-state index is 14.5. The van der Waals surface area contributed by atoms with Gasteiger partial charge in [-0.25, -0.2) is 9.18 Å². The van der Waals surface area contributed by atoms with Gasteiger partial charge in [0.2, 0.25) is 0 Å². The molecule has 1 fully saturated rings. The van der Waals surface area contributed by atoms with Crippen LogP contribution in [0.3, 0.4) is 0 Å². The zero-order valence-electron chi connectivity index (χ0n) is 17.1. The van der Waals surface area contributed by atoms with Crippen molar-refractivity contribution in [2.24, 2.45) is 5.16 Å². The minimum absolute atomic E-state index is 0.269. The normalized spacial score (nSPS) is 19.0. The van der Waals surface area contributed by atoms with Crippen molar-refractivity contribution < 1.29 is 23.5 Å². The van der Waals surface area contributed by atoms with Gasteiger partial charge in [0.05, 0.1) is 11.3 Å². The molecule has 0 radical (unpaired) electrons. The molecule has 0 amide bonds. The lowest BCUT2D eigenvalue weighted by Gasteiger charge is -2.36. The van der Waals surface area contributed by atoms with E-state index >= 15 is 0 Å². The number of rotatable bonds is 5. The summed E-state index contributed by atoms with van der Waals surface area (Å²) >= 11 is 1.52. The number of halogens is 1. The Morgan fingerprint density at radius 1 is 1.13 bits per heavy atom. The van der Waals surface area contributed by atoms with Crippen molar-refractivity contribution in [2.45, 2.75) is 48.0 Å². The predicted octanol–water partition coefficient (Wildman–Crippen LogP) is 4.84. The summed E-state index contributed by atoms with van der Waals surface area (Å²) in [6.07, 6.45) is 2.99. The molecule has 0 aromatic heterocycles. The van der Waals surface area contributed by atoms with E-state index in [4.69, 9.17) is 14.3 Å². The van der Waals surface area contributed by atoms with Crippen molar-refractivity contribution in [3.63, 3.8) is 0 Å². The fourth-order valence-electron chi connectivity index (χ4n) is 4.06. The number of carbonyl (C=O) groups excluding carboxylic acids is 1. The largest absolute Gasteiger partial charge is 0.381 e. The van der Waals surface area contributed by atoms with Gasteiger partial charge in [0.1, 0.15) is 5.82 Å². The Morgan fingerprint density at radius 3 is 2.67 bits per heavy atom. The number of carbonyl (C=O) groups is 1. The van der Waals surface area contributed by atoms with Crippen LogP contribution < -0.4 is 0 Å². The molecule has 0 saturated carbocycles. The Bertz CT molecular complexity index is 985. The second kappa shape index (κ2) is 8.88. The van der Waals surface area contributed by atoms with Gasteiger partial charge in [-0.2, -0.15) is 0 Å². The molecule has 1 aliphatic carbocycles. The Labute approximate surface area is 179 Å². The molecular weight excluding hydrogens is 405 g/mol. The molecule has 0 N–H and O–H groups in total. The van der Waals surface area contributed by atoms with E-state index in [1.165, 1.54) is 18.7 Å². The first-order valence-electron chi connectivity index (χ1n) is 9.99. The third-order valence-electron chi connectivity index (χ3n) is 5.63. The van der Waals surface area contributed by atoms with Crippen molar-refractivity contribution in [2.75, 3.05) is 20.3 Å². The first kappa shape index (κ1) is 21.0. The Hall–Kier alpha value is -2.22. The number of aryl methyl sites for hydroxylation is 1. The molecule has 158 valence electrons. The minimum atomic E-state index is -0.504. The molecule has 2 aromatic carbocycles. The highest BCUT2D eigenvalue weighted by Gasteiger charge is 2.35. The quantitative estimate of drug-likeness (QED) is 0.503. The molecule has 1 saturated heterocycles. The van der Waals surface area contributed by atoms with E-state index in [1.807, 2.05) is 18.2 Å². The van der Waals surface area contributed by atoms with Crippen LogP contribution in [-0.2, 0) is 31.1 Å². The fraction of sp³-hybridized carbons (Fsp3) is 0.391. The molecule has 2 aromatic rings. The molecule has 7 heteroatoms. The Kier molecular flexibility index (Phi) is 6.22. The zero-order valence-corrected chi connectivity index (χ0v) is 17.9. The summed E-state index contributed by atoms with van der Waals surface area (Å²) in [5.74, 6) is -0.696. The van der Waals surface area contributed by atoms with E-state index in [2.05, 4.69) is 11.2 Å². The first-order chi connectivity index (χ1) is 14.5. The monoisotopic (exact) mass is 429 g/mol. The standard InChI is InChI=1S/C23H24FNO4S/c1-15(26)29-25-22-6-3-16-11-19(4-5-21(16)22)30-20-13-17(12-18(24)14-20)23(27-2)7-9-28-10-8-23/h4-5,11-14H,3,6-10H2,1-2H3. The summed E-state index contributed by atoms with van der Waals surface area (Å²) in [5, 5.41) is 3.96. The number of fused-ring (bicyclic) bond motifs is 1. The second-order valence-corrected chi connectivity index (χ2v) is 8.68. The molecule has 30 heavy (non-hydrogen) atoms.